The third-order valence-corrected chi connectivity index (χ3v) is 5.29. The second-order valence-corrected chi connectivity index (χ2v) is 6.56. The minimum Gasteiger partial charge on any atom is -0.495 e. The molecule has 0 radical (unpaired) electrons. The van der Waals surface area contributed by atoms with Crippen molar-refractivity contribution in [2.75, 3.05) is 27.8 Å². The Morgan fingerprint density at radius 1 is 1.14 bits per heavy atom. The number of ether oxygens (including phenoxy) is 2. The summed E-state index contributed by atoms with van der Waals surface area (Å²) in [6, 6.07) is 4.23. The van der Waals surface area contributed by atoms with Gasteiger partial charge in [0.05, 0.1) is 14.2 Å². The van der Waals surface area contributed by atoms with Gasteiger partial charge in [0.2, 0.25) is 0 Å². The highest BCUT2D eigenvalue weighted by Gasteiger charge is 2.28. The van der Waals surface area contributed by atoms with E-state index in [1.54, 1.807) is 14.2 Å². The zero-order valence-electron chi connectivity index (χ0n) is 13.2. The first-order valence-electron chi connectivity index (χ1n) is 7.77. The quantitative estimate of drug-likeness (QED) is 0.796. The first kappa shape index (κ1) is 16.6. The highest BCUT2D eigenvalue weighted by atomic mass is 79.9. The molecule has 0 spiro atoms. The molecule has 0 heterocycles. The molecule has 21 heavy (non-hydrogen) atoms. The Bertz CT molecular complexity index is 464. The molecule has 1 aliphatic carbocycles. The van der Waals surface area contributed by atoms with Gasteiger partial charge in [0, 0.05) is 0 Å². The van der Waals surface area contributed by atoms with Crippen LogP contribution in [-0.4, -0.2) is 27.8 Å². The molecule has 1 aromatic rings. The zero-order valence-corrected chi connectivity index (χ0v) is 14.8. The van der Waals surface area contributed by atoms with Crippen LogP contribution < -0.4 is 14.8 Å². The summed E-state index contributed by atoms with van der Waals surface area (Å²) in [7, 11) is 5.48. The monoisotopic (exact) mass is 355 g/mol. The fourth-order valence-corrected chi connectivity index (χ4v) is 4.20. The van der Waals surface area contributed by atoms with Gasteiger partial charge in [0.25, 0.3) is 0 Å². The second kappa shape index (κ2) is 8.04. The van der Waals surface area contributed by atoms with Crippen LogP contribution in [0.4, 0.5) is 0 Å². The summed E-state index contributed by atoms with van der Waals surface area (Å²) in [5.41, 5.74) is 1.31. The van der Waals surface area contributed by atoms with Crippen molar-refractivity contribution in [1.82, 2.24) is 5.32 Å². The number of benzene rings is 1. The molecular weight excluding hydrogens is 330 g/mol. The van der Waals surface area contributed by atoms with Gasteiger partial charge in [-0.3, -0.25) is 0 Å². The maximum Gasteiger partial charge on any atom is 0.140 e. The van der Waals surface area contributed by atoms with Crippen LogP contribution in [0.15, 0.2) is 16.6 Å². The Labute approximate surface area is 136 Å². The average Bonchev–Trinajstić information content (AvgIpc) is 2.73. The van der Waals surface area contributed by atoms with Crippen molar-refractivity contribution in [3.05, 3.63) is 22.2 Å². The number of hydrogen-bond donors (Lipinski definition) is 1. The largest absolute Gasteiger partial charge is 0.495 e. The smallest absolute Gasteiger partial charge is 0.140 e. The molecule has 2 unspecified atom stereocenters. The molecule has 0 amide bonds. The number of halogens is 1. The highest BCUT2D eigenvalue weighted by Crippen LogP contribution is 2.45. The van der Waals surface area contributed by atoms with Crippen molar-refractivity contribution < 1.29 is 9.47 Å². The van der Waals surface area contributed by atoms with Crippen LogP contribution in [0, 0.1) is 5.92 Å². The fourth-order valence-electron chi connectivity index (χ4n) is 3.51. The first-order valence-corrected chi connectivity index (χ1v) is 8.57. The summed E-state index contributed by atoms with van der Waals surface area (Å²) in [6.07, 6.45) is 6.51. The molecule has 1 aliphatic rings. The summed E-state index contributed by atoms with van der Waals surface area (Å²) in [6.45, 7) is 1.07. The van der Waals surface area contributed by atoms with Crippen LogP contribution in [0.3, 0.4) is 0 Å². The third-order valence-electron chi connectivity index (χ3n) is 4.54. The van der Waals surface area contributed by atoms with Gasteiger partial charge in [-0.25, -0.2) is 0 Å². The van der Waals surface area contributed by atoms with Crippen molar-refractivity contribution in [2.45, 2.75) is 38.0 Å². The van der Waals surface area contributed by atoms with Gasteiger partial charge in [0.1, 0.15) is 16.0 Å². The van der Waals surface area contributed by atoms with E-state index in [0.29, 0.717) is 11.8 Å². The van der Waals surface area contributed by atoms with Gasteiger partial charge < -0.3 is 14.8 Å². The minimum absolute atomic E-state index is 0.553. The Hall–Kier alpha value is -0.740. The summed E-state index contributed by atoms with van der Waals surface area (Å²) in [4.78, 5) is 0. The molecule has 0 bridgehead atoms. The first-order chi connectivity index (χ1) is 10.2. The van der Waals surface area contributed by atoms with E-state index in [9.17, 15) is 0 Å². The number of rotatable bonds is 5. The van der Waals surface area contributed by atoms with Crippen LogP contribution in [0.2, 0.25) is 0 Å². The lowest BCUT2D eigenvalue weighted by atomic mass is 9.82. The van der Waals surface area contributed by atoms with Gasteiger partial charge in [-0.1, -0.05) is 25.3 Å². The summed E-state index contributed by atoms with van der Waals surface area (Å²) in [5, 5.41) is 3.36. The molecule has 0 aromatic heterocycles. The third kappa shape index (κ3) is 3.72. The van der Waals surface area contributed by atoms with Crippen molar-refractivity contribution in [2.24, 2.45) is 5.92 Å². The zero-order chi connectivity index (χ0) is 15.2. The molecule has 0 saturated heterocycles. The summed E-state index contributed by atoms with van der Waals surface area (Å²) in [5.74, 6) is 2.99. The predicted octanol–water partition coefficient (Wildman–Crippen LogP) is 4.35. The summed E-state index contributed by atoms with van der Waals surface area (Å²) >= 11 is 3.63. The molecule has 2 atom stereocenters. The minimum atomic E-state index is 0.553. The van der Waals surface area contributed by atoms with Crippen molar-refractivity contribution in [1.29, 1.82) is 0 Å². The second-order valence-electron chi connectivity index (χ2n) is 5.77. The van der Waals surface area contributed by atoms with Gasteiger partial charge in [0.15, 0.2) is 0 Å². The van der Waals surface area contributed by atoms with E-state index < -0.39 is 0 Å². The Morgan fingerprint density at radius 2 is 1.90 bits per heavy atom. The van der Waals surface area contributed by atoms with Crippen LogP contribution in [0.1, 0.15) is 43.6 Å². The van der Waals surface area contributed by atoms with Gasteiger partial charge in [-0.2, -0.15) is 0 Å². The van der Waals surface area contributed by atoms with Crippen LogP contribution in [-0.2, 0) is 0 Å². The Morgan fingerprint density at radius 3 is 2.57 bits per heavy atom. The Kier molecular flexibility index (Phi) is 6.37. The van der Waals surface area contributed by atoms with Crippen LogP contribution in [0.5, 0.6) is 11.5 Å². The van der Waals surface area contributed by atoms with Gasteiger partial charge in [-0.05, 0) is 65.8 Å². The van der Waals surface area contributed by atoms with E-state index in [2.05, 4.69) is 27.3 Å². The molecule has 3 nitrogen and oxygen atoms in total. The lowest BCUT2D eigenvalue weighted by Crippen LogP contribution is -2.24. The predicted molar refractivity (Wildman–Crippen MR) is 90.5 cm³/mol. The molecule has 1 N–H and O–H groups in total. The van der Waals surface area contributed by atoms with Gasteiger partial charge in [-0.15, -0.1) is 0 Å². The van der Waals surface area contributed by atoms with Crippen LogP contribution >= 0.6 is 15.9 Å². The maximum atomic E-state index is 5.69. The van der Waals surface area contributed by atoms with E-state index in [1.165, 1.54) is 37.7 Å². The number of methoxy groups -OCH3 is 2. The molecule has 2 rings (SSSR count). The van der Waals surface area contributed by atoms with E-state index in [1.807, 2.05) is 13.1 Å². The molecule has 1 aromatic carbocycles. The lowest BCUT2D eigenvalue weighted by Gasteiger charge is -2.27. The summed E-state index contributed by atoms with van der Waals surface area (Å²) < 4.78 is 12.0. The molecule has 0 aliphatic heterocycles. The van der Waals surface area contributed by atoms with Crippen molar-refractivity contribution >= 4 is 15.9 Å². The van der Waals surface area contributed by atoms with E-state index in [0.717, 1.165) is 22.5 Å². The standard InChI is InChI=1S/C17H26BrNO2/c1-19-11-12-7-5-4-6-8-13(12)14-9-10-15(20-2)16(18)17(14)21-3/h9-10,12-13,19H,4-8,11H2,1-3H3. The maximum absolute atomic E-state index is 5.69. The SMILES string of the molecule is CNCC1CCCCCC1c1ccc(OC)c(Br)c1OC. The topological polar surface area (TPSA) is 30.5 Å². The number of hydrogen-bond acceptors (Lipinski definition) is 3. The van der Waals surface area contributed by atoms with E-state index in [-0.39, 0.29) is 0 Å². The Balaban J connectivity index is 2.39. The molecular formula is C17H26BrNO2. The molecule has 1 saturated carbocycles. The molecule has 118 valence electrons. The fraction of sp³-hybridized carbons (Fsp3) is 0.647. The van der Waals surface area contributed by atoms with E-state index >= 15 is 0 Å². The van der Waals surface area contributed by atoms with Gasteiger partial charge >= 0.3 is 0 Å². The molecule has 1 fully saturated rings. The lowest BCUT2D eigenvalue weighted by molar-refractivity contribution is 0.354. The highest BCUT2D eigenvalue weighted by molar-refractivity contribution is 9.10. The van der Waals surface area contributed by atoms with Crippen molar-refractivity contribution in [3.8, 4) is 11.5 Å². The van der Waals surface area contributed by atoms with E-state index in [4.69, 9.17) is 9.47 Å². The van der Waals surface area contributed by atoms with Crippen LogP contribution in [0.25, 0.3) is 0 Å². The normalized spacial score (nSPS) is 22.7. The van der Waals surface area contributed by atoms with Crippen molar-refractivity contribution in [3.63, 3.8) is 0 Å². The molecule has 4 heteroatoms. The number of nitrogens with one attached hydrogen (secondary N) is 1. The average molecular weight is 356 g/mol.